The summed E-state index contributed by atoms with van der Waals surface area (Å²) in [5.41, 5.74) is 2.34. The van der Waals surface area contributed by atoms with Gasteiger partial charge in [0.15, 0.2) is 0 Å². The van der Waals surface area contributed by atoms with Crippen molar-refractivity contribution in [3.05, 3.63) is 23.3 Å². The number of hydrogen-bond donors (Lipinski definition) is 1. The summed E-state index contributed by atoms with van der Waals surface area (Å²) in [7, 11) is 1.99. The second-order valence-corrected chi connectivity index (χ2v) is 5.09. The van der Waals surface area contributed by atoms with Crippen LogP contribution in [-0.2, 0) is 13.0 Å². The van der Waals surface area contributed by atoms with Crippen LogP contribution in [0.1, 0.15) is 25.0 Å². The lowest BCUT2D eigenvalue weighted by Gasteiger charge is -2.18. The maximum atomic E-state index is 8.98. The van der Waals surface area contributed by atoms with Crippen LogP contribution in [-0.4, -0.2) is 42.9 Å². The van der Waals surface area contributed by atoms with Crippen molar-refractivity contribution in [2.75, 3.05) is 26.8 Å². The quantitative estimate of drug-likeness (QED) is 0.852. The Kier molecular flexibility index (Phi) is 4.66. The number of fused-ring (bicyclic) bond motifs is 1. The first-order chi connectivity index (χ1) is 9.13. The van der Waals surface area contributed by atoms with Crippen LogP contribution in [0.15, 0.2) is 12.1 Å². The highest BCUT2D eigenvalue weighted by atomic mass is 16.5. The van der Waals surface area contributed by atoms with E-state index in [0.29, 0.717) is 13.2 Å². The minimum absolute atomic E-state index is 0.166. The van der Waals surface area contributed by atoms with E-state index in [0.717, 1.165) is 30.0 Å². The third kappa shape index (κ3) is 3.39. The molecule has 0 aliphatic carbocycles. The number of ether oxygens (including phenoxy) is 2. The van der Waals surface area contributed by atoms with Crippen LogP contribution in [0, 0.1) is 0 Å². The van der Waals surface area contributed by atoms with Gasteiger partial charge in [0, 0.05) is 30.6 Å². The van der Waals surface area contributed by atoms with Gasteiger partial charge in [0.25, 0.3) is 0 Å². The van der Waals surface area contributed by atoms with Gasteiger partial charge in [0.05, 0.1) is 13.2 Å². The van der Waals surface area contributed by atoms with Gasteiger partial charge in [-0.1, -0.05) is 0 Å². The number of hydrogen-bond acceptors (Lipinski definition) is 4. The van der Waals surface area contributed by atoms with Crippen molar-refractivity contribution in [2.45, 2.75) is 32.9 Å². The molecule has 0 saturated heterocycles. The first-order valence-corrected chi connectivity index (χ1v) is 6.88. The molecule has 1 aromatic rings. The van der Waals surface area contributed by atoms with Gasteiger partial charge in [-0.05, 0) is 33.0 Å². The Hall–Kier alpha value is -1.26. The second kappa shape index (κ2) is 6.26. The zero-order chi connectivity index (χ0) is 13.8. The molecular weight excluding hydrogens is 242 g/mol. The average molecular weight is 265 g/mol. The number of likely N-dealkylation sites (N-methyl/N-ethyl adjacent to an activating group) is 1. The standard InChI is InChI=1S/C15H23NO3/c1-4-18-14-8-12-7-11(2)19-15(12)9-13(14)10-16(3)5-6-17/h8-9,11,17H,4-7,10H2,1-3H3. The molecule has 1 aliphatic rings. The van der Waals surface area contributed by atoms with E-state index in [1.807, 2.05) is 14.0 Å². The maximum absolute atomic E-state index is 8.98. The van der Waals surface area contributed by atoms with Gasteiger partial charge in [-0.25, -0.2) is 0 Å². The van der Waals surface area contributed by atoms with Crippen LogP contribution in [0.3, 0.4) is 0 Å². The fraction of sp³-hybridized carbons (Fsp3) is 0.600. The van der Waals surface area contributed by atoms with Crippen LogP contribution < -0.4 is 9.47 Å². The molecule has 106 valence electrons. The van der Waals surface area contributed by atoms with Gasteiger partial charge >= 0.3 is 0 Å². The molecular formula is C15H23NO3. The van der Waals surface area contributed by atoms with Crippen LogP contribution in [0.5, 0.6) is 11.5 Å². The fourth-order valence-corrected chi connectivity index (χ4v) is 2.44. The lowest BCUT2D eigenvalue weighted by atomic mass is 10.1. The molecule has 0 spiro atoms. The molecule has 1 unspecified atom stereocenters. The number of aliphatic hydroxyl groups is 1. The molecule has 1 aromatic carbocycles. The van der Waals surface area contributed by atoms with Gasteiger partial charge in [-0.3, -0.25) is 4.90 Å². The Bertz CT molecular complexity index is 434. The zero-order valence-corrected chi connectivity index (χ0v) is 12.0. The van der Waals surface area contributed by atoms with E-state index in [2.05, 4.69) is 24.0 Å². The van der Waals surface area contributed by atoms with E-state index in [-0.39, 0.29) is 12.7 Å². The van der Waals surface area contributed by atoms with E-state index in [9.17, 15) is 0 Å². The van der Waals surface area contributed by atoms with Gasteiger partial charge in [-0.2, -0.15) is 0 Å². The normalized spacial score (nSPS) is 17.4. The van der Waals surface area contributed by atoms with Crippen molar-refractivity contribution in [3.63, 3.8) is 0 Å². The monoisotopic (exact) mass is 265 g/mol. The summed E-state index contributed by atoms with van der Waals surface area (Å²) in [5.74, 6) is 1.91. The first kappa shape index (κ1) is 14.2. The van der Waals surface area contributed by atoms with E-state index in [1.54, 1.807) is 0 Å². The highest BCUT2D eigenvalue weighted by molar-refractivity contribution is 5.48. The summed E-state index contributed by atoms with van der Waals surface area (Å²) >= 11 is 0. The maximum Gasteiger partial charge on any atom is 0.124 e. The summed E-state index contributed by atoms with van der Waals surface area (Å²) in [5, 5.41) is 8.98. The van der Waals surface area contributed by atoms with E-state index < -0.39 is 0 Å². The minimum Gasteiger partial charge on any atom is -0.494 e. The summed E-state index contributed by atoms with van der Waals surface area (Å²) in [6, 6.07) is 4.18. The van der Waals surface area contributed by atoms with Crippen molar-refractivity contribution >= 4 is 0 Å². The molecule has 4 nitrogen and oxygen atoms in total. The smallest absolute Gasteiger partial charge is 0.124 e. The highest BCUT2D eigenvalue weighted by Crippen LogP contribution is 2.35. The summed E-state index contributed by atoms with van der Waals surface area (Å²) in [6.45, 7) is 6.30. The van der Waals surface area contributed by atoms with Crippen molar-refractivity contribution in [1.82, 2.24) is 4.90 Å². The van der Waals surface area contributed by atoms with Gasteiger partial charge in [0.2, 0.25) is 0 Å². The molecule has 4 heteroatoms. The molecule has 2 rings (SSSR count). The van der Waals surface area contributed by atoms with Crippen molar-refractivity contribution in [1.29, 1.82) is 0 Å². The molecule has 0 bridgehead atoms. The minimum atomic E-state index is 0.166. The molecule has 1 N–H and O–H groups in total. The average Bonchev–Trinajstić information content (AvgIpc) is 2.69. The van der Waals surface area contributed by atoms with E-state index in [1.165, 1.54) is 5.56 Å². The molecule has 0 radical (unpaired) electrons. The van der Waals surface area contributed by atoms with Crippen LogP contribution in [0.2, 0.25) is 0 Å². The molecule has 1 atom stereocenters. The predicted octanol–water partition coefficient (Wildman–Crippen LogP) is 1.83. The second-order valence-electron chi connectivity index (χ2n) is 5.09. The molecule has 0 saturated carbocycles. The molecule has 0 amide bonds. The lowest BCUT2D eigenvalue weighted by Crippen LogP contribution is -2.22. The third-order valence-corrected chi connectivity index (χ3v) is 3.30. The molecule has 1 aliphatic heterocycles. The Morgan fingerprint density at radius 3 is 2.95 bits per heavy atom. The summed E-state index contributed by atoms with van der Waals surface area (Å²) in [4.78, 5) is 2.07. The SMILES string of the molecule is CCOc1cc2c(cc1CN(C)CCO)OC(C)C2. The van der Waals surface area contributed by atoms with E-state index in [4.69, 9.17) is 14.6 Å². The number of aliphatic hydroxyl groups excluding tert-OH is 1. The number of nitrogens with zero attached hydrogens (tertiary/aromatic N) is 1. The largest absolute Gasteiger partial charge is 0.494 e. The van der Waals surface area contributed by atoms with E-state index >= 15 is 0 Å². The number of benzene rings is 1. The Balaban J connectivity index is 2.23. The topological polar surface area (TPSA) is 41.9 Å². The van der Waals surface area contributed by atoms with Gasteiger partial charge in [-0.15, -0.1) is 0 Å². The number of rotatable bonds is 6. The Labute approximate surface area is 114 Å². The third-order valence-electron chi connectivity index (χ3n) is 3.30. The Morgan fingerprint density at radius 2 is 2.26 bits per heavy atom. The summed E-state index contributed by atoms with van der Waals surface area (Å²) < 4.78 is 11.5. The van der Waals surface area contributed by atoms with Gasteiger partial charge < -0.3 is 14.6 Å². The highest BCUT2D eigenvalue weighted by Gasteiger charge is 2.22. The predicted molar refractivity (Wildman–Crippen MR) is 74.8 cm³/mol. The van der Waals surface area contributed by atoms with Crippen LogP contribution in [0.25, 0.3) is 0 Å². The van der Waals surface area contributed by atoms with Crippen molar-refractivity contribution < 1.29 is 14.6 Å². The van der Waals surface area contributed by atoms with Crippen LogP contribution in [0.4, 0.5) is 0 Å². The van der Waals surface area contributed by atoms with Crippen molar-refractivity contribution in [2.24, 2.45) is 0 Å². The summed E-state index contributed by atoms with van der Waals surface area (Å²) in [6.07, 6.45) is 1.19. The molecule has 0 fully saturated rings. The molecule has 0 aromatic heterocycles. The lowest BCUT2D eigenvalue weighted by molar-refractivity contribution is 0.214. The van der Waals surface area contributed by atoms with Crippen LogP contribution >= 0.6 is 0 Å². The fourth-order valence-electron chi connectivity index (χ4n) is 2.44. The first-order valence-electron chi connectivity index (χ1n) is 6.88. The van der Waals surface area contributed by atoms with Crippen molar-refractivity contribution in [3.8, 4) is 11.5 Å². The zero-order valence-electron chi connectivity index (χ0n) is 12.0. The molecule has 1 heterocycles. The van der Waals surface area contributed by atoms with Gasteiger partial charge in [0.1, 0.15) is 17.6 Å². The molecule has 19 heavy (non-hydrogen) atoms. The Morgan fingerprint density at radius 1 is 1.47 bits per heavy atom.